The average molecular weight is 388 g/mol. The number of hydrogen-bond acceptors (Lipinski definition) is 4. The summed E-state index contributed by atoms with van der Waals surface area (Å²) in [5, 5.41) is 2.52. The number of carbonyl (C=O) groups is 3. The van der Waals surface area contributed by atoms with Gasteiger partial charge in [-0.2, -0.15) is 0 Å². The van der Waals surface area contributed by atoms with Crippen LogP contribution in [0.4, 0.5) is 4.79 Å². The molecular formula is C13H13IN2O4. The summed E-state index contributed by atoms with van der Waals surface area (Å²) in [4.78, 5) is 36.4. The Morgan fingerprint density at radius 3 is 2.70 bits per heavy atom. The SMILES string of the molecule is C[C@@H](OC(=O)c1ccccc1I)C(=O)N1CCNC1=O. The van der Waals surface area contributed by atoms with E-state index < -0.39 is 24.0 Å². The normalized spacial score (nSPS) is 15.7. The number of halogens is 1. The van der Waals surface area contributed by atoms with Crippen LogP contribution < -0.4 is 5.32 Å². The van der Waals surface area contributed by atoms with Crippen molar-refractivity contribution in [3.05, 3.63) is 33.4 Å². The highest BCUT2D eigenvalue weighted by Crippen LogP contribution is 2.14. The van der Waals surface area contributed by atoms with Gasteiger partial charge >= 0.3 is 12.0 Å². The van der Waals surface area contributed by atoms with E-state index in [4.69, 9.17) is 4.74 Å². The lowest BCUT2D eigenvalue weighted by Crippen LogP contribution is -2.41. The zero-order valence-corrected chi connectivity index (χ0v) is 12.9. The predicted octanol–water partition coefficient (Wildman–Crippen LogP) is 1.39. The maximum Gasteiger partial charge on any atom is 0.339 e. The van der Waals surface area contributed by atoms with Crippen molar-refractivity contribution in [3.63, 3.8) is 0 Å². The second kappa shape index (κ2) is 6.21. The van der Waals surface area contributed by atoms with Crippen LogP contribution in [0.5, 0.6) is 0 Å². The molecule has 6 nitrogen and oxygen atoms in total. The molecular weight excluding hydrogens is 375 g/mol. The van der Waals surface area contributed by atoms with Crippen LogP contribution >= 0.6 is 22.6 Å². The molecule has 0 spiro atoms. The molecule has 7 heteroatoms. The Morgan fingerprint density at radius 2 is 2.10 bits per heavy atom. The maximum absolute atomic E-state index is 12.0. The Labute approximate surface area is 129 Å². The standard InChI is InChI=1S/C13H13IN2O4/c1-8(11(17)16-7-6-15-13(16)19)20-12(18)9-4-2-3-5-10(9)14/h2-5,8H,6-7H2,1H3,(H,15,19)/t8-/m1/s1. The number of ether oxygens (including phenoxy) is 1. The molecule has 1 aromatic carbocycles. The predicted molar refractivity (Wildman–Crippen MR) is 79.1 cm³/mol. The summed E-state index contributed by atoms with van der Waals surface area (Å²) in [6.45, 7) is 2.17. The van der Waals surface area contributed by atoms with Crippen LogP contribution in [0.15, 0.2) is 24.3 Å². The molecule has 1 aliphatic rings. The van der Waals surface area contributed by atoms with Crippen molar-refractivity contribution < 1.29 is 19.1 Å². The fourth-order valence-electron chi connectivity index (χ4n) is 1.80. The van der Waals surface area contributed by atoms with Crippen LogP contribution in [0, 0.1) is 3.57 Å². The number of nitrogens with one attached hydrogen (secondary N) is 1. The summed E-state index contributed by atoms with van der Waals surface area (Å²) in [6, 6.07) is 6.48. The van der Waals surface area contributed by atoms with Gasteiger partial charge in [-0.1, -0.05) is 12.1 Å². The molecule has 106 valence electrons. The fourth-order valence-corrected chi connectivity index (χ4v) is 2.41. The van der Waals surface area contributed by atoms with Crippen LogP contribution in [0.3, 0.4) is 0 Å². The van der Waals surface area contributed by atoms with Crippen molar-refractivity contribution in [3.8, 4) is 0 Å². The first-order valence-electron chi connectivity index (χ1n) is 6.05. The smallest absolute Gasteiger partial charge is 0.339 e. The first kappa shape index (κ1) is 14.8. The Kier molecular flexibility index (Phi) is 4.58. The molecule has 0 unspecified atom stereocenters. The van der Waals surface area contributed by atoms with Crippen molar-refractivity contribution in [2.45, 2.75) is 13.0 Å². The zero-order chi connectivity index (χ0) is 14.7. The topological polar surface area (TPSA) is 75.7 Å². The molecule has 1 saturated heterocycles. The highest BCUT2D eigenvalue weighted by molar-refractivity contribution is 14.1. The Bertz CT molecular complexity index is 561. The number of benzene rings is 1. The summed E-state index contributed by atoms with van der Waals surface area (Å²) < 4.78 is 5.87. The van der Waals surface area contributed by atoms with Gasteiger partial charge in [0.1, 0.15) is 0 Å². The second-order valence-corrected chi connectivity index (χ2v) is 5.41. The molecule has 0 saturated carbocycles. The largest absolute Gasteiger partial charge is 0.449 e. The molecule has 1 fully saturated rings. The Morgan fingerprint density at radius 1 is 1.40 bits per heavy atom. The molecule has 0 bridgehead atoms. The molecule has 0 radical (unpaired) electrons. The molecule has 3 amide bonds. The van der Waals surface area contributed by atoms with Gasteiger partial charge in [-0.3, -0.25) is 9.69 Å². The van der Waals surface area contributed by atoms with Crippen molar-refractivity contribution >= 4 is 40.5 Å². The lowest BCUT2D eigenvalue weighted by atomic mass is 10.2. The lowest BCUT2D eigenvalue weighted by molar-refractivity contribution is -0.136. The summed E-state index contributed by atoms with van der Waals surface area (Å²) in [6.07, 6.45) is -0.998. The molecule has 1 heterocycles. The number of amides is 3. The third-order valence-electron chi connectivity index (χ3n) is 2.85. The van der Waals surface area contributed by atoms with Crippen LogP contribution in [0.25, 0.3) is 0 Å². The minimum absolute atomic E-state index is 0.294. The Balaban J connectivity index is 2.02. The zero-order valence-electron chi connectivity index (χ0n) is 10.8. The van der Waals surface area contributed by atoms with Gasteiger partial charge in [0, 0.05) is 16.7 Å². The minimum Gasteiger partial charge on any atom is -0.449 e. The third-order valence-corrected chi connectivity index (χ3v) is 3.79. The Hall–Kier alpha value is -1.64. The number of nitrogens with zero attached hydrogens (tertiary/aromatic N) is 1. The molecule has 20 heavy (non-hydrogen) atoms. The summed E-state index contributed by atoms with van der Waals surface area (Å²) in [5.74, 6) is -1.09. The van der Waals surface area contributed by atoms with E-state index in [0.717, 1.165) is 8.47 Å². The van der Waals surface area contributed by atoms with E-state index >= 15 is 0 Å². The van der Waals surface area contributed by atoms with Crippen LogP contribution in [-0.4, -0.2) is 42.0 Å². The first-order valence-corrected chi connectivity index (χ1v) is 7.13. The van der Waals surface area contributed by atoms with Crippen molar-refractivity contribution in [2.24, 2.45) is 0 Å². The molecule has 1 N–H and O–H groups in total. The number of rotatable bonds is 3. The number of hydrogen-bond donors (Lipinski definition) is 1. The maximum atomic E-state index is 12.0. The van der Waals surface area contributed by atoms with Gasteiger partial charge in [-0.05, 0) is 41.6 Å². The van der Waals surface area contributed by atoms with E-state index in [2.05, 4.69) is 5.32 Å². The monoisotopic (exact) mass is 388 g/mol. The summed E-state index contributed by atoms with van der Waals surface area (Å²) in [7, 11) is 0. The van der Waals surface area contributed by atoms with Gasteiger partial charge in [0.05, 0.1) is 5.56 Å². The molecule has 0 aromatic heterocycles. The number of esters is 1. The van der Waals surface area contributed by atoms with Crippen molar-refractivity contribution in [1.29, 1.82) is 0 Å². The summed E-state index contributed by atoms with van der Waals surface area (Å²) >= 11 is 2.02. The highest BCUT2D eigenvalue weighted by atomic mass is 127. The van der Waals surface area contributed by atoms with Crippen LogP contribution in [-0.2, 0) is 9.53 Å². The highest BCUT2D eigenvalue weighted by Gasteiger charge is 2.31. The average Bonchev–Trinajstić information content (AvgIpc) is 2.84. The molecule has 2 rings (SSSR count). The summed E-state index contributed by atoms with van der Waals surface area (Å²) in [5.41, 5.74) is 0.402. The van der Waals surface area contributed by atoms with E-state index in [0.29, 0.717) is 18.7 Å². The van der Waals surface area contributed by atoms with E-state index in [1.807, 2.05) is 28.7 Å². The van der Waals surface area contributed by atoms with E-state index in [-0.39, 0.29) is 0 Å². The van der Waals surface area contributed by atoms with Gasteiger partial charge in [0.2, 0.25) is 0 Å². The van der Waals surface area contributed by atoms with Crippen LogP contribution in [0.1, 0.15) is 17.3 Å². The molecule has 1 aliphatic heterocycles. The number of imide groups is 1. The van der Waals surface area contributed by atoms with Gasteiger partial charge in [0.15, 0.2) is 6.10 Å². The van der Waals surface area contributed by atoms with E-state index in [9.17, 15) is 14.4 Å². The fraction of sp³-hybridized carbons (Fsp3) is 0.308. The lowest BCUT2D eigenvalue weighted by Gasteiger charge is -2.18. The quantitative estimate of drug-likeness (QED) is 0.628. The second-order valence-electron chi connectivity index (χ2n) is 4.25. The van der Waals surface area contributed by atoms with Crippen molar-refractivity contribution in [2.75, 3.05) is 13.1 Å². The minimum atomic E-state index is -0.998. The first-order chi connectivity index (χ1) is 9.50. The third kappa shape index (κ3) is 3.09. The molecule has 1 atom stereocenters. The van der Waals surface area contributed by atoms with E-state index in [1.54, 1.807) is 18.2 Å². The number of urea groups is 1. The van der Waals surface area contributed by atoms with Crippen molar-refractivity contribution in [1.82, 2.24) is 10.2 Å². The van der Waals surface area contributed by atoms with Crippen LogP contribution in [0.2, 0.25) is 0 Å². The van der Waals surface area contributed by atoms with Gasteiger partial charge in [-0.25, -0.2) is 9.59 Å². The number of carbonyl (C=O) groups excluding carboxylic acids is 3. The molecule has 1 aromatic rings. The van der Waals surface area contributed by atoms with Gasteiger partial charge < -0.3 is 10.1 Å². The molecule has 0 aliphatic carbocycles. The van der Waals surface area contributed by atoms with Gasteiger partial charge in [0.25, 0.3) is 5.91 Å². The van der Waals surface area contributed by atoms with Gasteiger partial charge in [-0.15, -0.1) is 0 Å². The van der Waals surface area contributed by atoms with E-state index in [1.165, 1.54) is 6.92 Å².